The summed E-state index contributed by atoms with van der Waals surface area (Å²) in [6.07, 6.45) is 1.91. The number of benzene rings is 1. The molecule has 0 spiro atoms. The summed E-state index contributed by atoms with van der Waals surface area (Å²) >= 11 is 1.45. The van der Waals surface area contributed by atoms with Crippen LogP contribution in [0.3, 0.4) is 0 Å². The van der Waals surface area contributed by atoms with Crippen molar-refractivity contribution in [2.24, 2.45) is 5.92 Å². The Morgan fingerprint density at radius 1 is 1.28 bits per heavy atom. The first-order valence-electron chi connectivity index (χ1n) is 9.43. The lowest BCUT2D eigenvalue weighted by molar-refractivity contribution is -0.116. The van der Waals surface area contributed by atoms with E-state index in [2.05, 4.69) is 24.1 Å². The third kappa shape index (κ3) is 4.32. The Kier molecular flexibility index (Phi) is 6.32. The fourth-order valence-corrected chi connectivity index (χ4v) is 3.88. The molecule has 3 aromatic rings. The number of anilines is 1. The molecule has 0 unspecified atom stereocenters. The number of methoxy groups -OCH3 is 1. The zero-order valence-corrected chi connectivity index (χ0v) is 18.2. The highest BCUT2D eigenvalue weighted by Gasteiger charge is 2.19. The predicted octanol–water partition coefficient (Wildman–Crippen LogP) is 3.53. The van der Waals surface area contributed by atoms with Crippen LogP contribution in [0.2, 0.25) is 0 Å². The highest BCUT2D eigenvalue weighted by molar-refractivity contribution is 7.98. The van der Waals surface area contributed by atoms with Crippen LogP contribution in [0.1, 0.15) is 19.5 Å². The average Bonchev–Trinajstić information content (AvgIpc) is 2.99. The van der Waals surface area contributed by atoms with Gasteiger partial charge in [0.25, 0.3) is 5.56 Å². The van der Waals surface area contributed by atoms with E-state index in [4.69, 9.17) is 4.74 Å². The largest absolute Gasteiger partial charge is 0.495 e. The van der Waals surface area contributed by atoms with Gasteiger partial charge in [-0.15, -0.1) is 0 Å². The SMILES string of the molecule is COc1ccccc1NC(=O)Cn1c(C)cc2nc(SC)n(CC(C)C)c(=O)c21. The van der Waals surface area contributed by atoms with Gasteiger partial charge in [0.15, 0.2) is 5.16 Å². The molecule has 7 nitrogen and oxygen atoms in total. The van der Waals surface area contributed by atoms with Crippen LogP contribution in [0.5, 0.6) is 5.75 Å². The molecule has 1 aromatic carbocycles. The normalized spacial score (nSPS) is 11.2. The third-order valence-electron chi connectivity index (χ3n) is 4.59. The molecule has 8 heteroatoms. The number of para-hydroxylation sites is 2. The van der Waals surface area contributed by atoms with Gasteiger partial charge in [0.1, 0.15) is 17.8 Å². The number of hydrogen-bond donors (Lipinski definition) is 1. The van der Waals surface area contributed by atoms with E-state index in [1.807, 2.05) is 31.4 Å². The molecule has 0 atom stereocenters. The number of aromatic nitrogens is 3. The Morgan fingerprint density at radius 2 is 2.00 bits per heavy atom. The zero-order chi connectivity index (χ0) is 21.1. The molecule has 0 saturated carbocycles. The van der Waals surface area contributed by atoms with E-state index in [0.717, 1.165) is 5.69 Å². The van der Waals surface area contributed by atoms with Gasteiger partial charge in [-0.1, -0.05) is 37.7 Å². The van der Waals surface area contributed by atoms with Crippen molar-refractivity contribution in [3.63, 3.8) is 0 Å². The van der Waals surface area contributed by atoms with Crippen molar-refractivity contribution >= 4 is 34.4 Å². The maximum Gasteiger partial charge on any atom is 0.278 e. The van der Waals surface area contributed by atoms with E-state index in [9.17, 15) is 9.59 Å². The van der Waals surface area contributed by atoms with E-state index in [-0.39, 0.29) is 18.0 Å². The Balaban J connectivity index is 2.00. The summed E-state index contributed by atoms with van der Waals surface area (Å²) in [6.45, 7) is 6.60. The predicted molar refractivity (Wildman–Crippen MR) is 117 cm³/mol. The average molecular weight is 415 g/mol. The van der Waals surface area contributed by atoms with Crippen LogP contribution in [0.15, 0.2) is 40.3 Å². The number of ether oxygens (including phenoxy) is 1. The molecule has 0 aliphatic carbocycles. The summed E-state index contributed by atoms with van der Waals surface area (Å²) < 4.78 is 8.72. The van der Waals surface area contributed by atoms with E-state index in [1.54, 1.807) is 28.4 Å². The first-order chi connectivity index (χ1) is 13.8. The minimum atomic E-state index is -0.237. The molecule has 0 aliphatic rings. The number of carbonyl (C=O) groups excluding carboxylic acids is 1. The molecule has 0 fully saturated rings. The van der Waals surface area contributed by atoms with Crippen LogP contribution >= 0.6 is 11.8 Å². The van der Waals surface area contributed by atoms with E-state index < -0.39 is 0 Å². The highest BCUT2D eigenvalue weighted by Crippen LogP contribution is 2.24. The van der Waals surface area contributed by atoms with Crippen molar-refractivity contribution in [1.29, 1.82) is 0 Å². The Hall–Kier alpha value is -2.74. The summed E-state index contributed by atoms with van der Waals surface area (Å²) in [4.78, 5) is 30.6. The number of fused-ring (bicyclic) bond motifs is 1. The standard InChI is InChI=1S/C21H26N4O3S/c1-13(2)11-25-20(27)19-16(23-21(25)29-5)10-14(3)24(19)12-18(26)22-15-8-6-7-9-17(15)28-4/h6-10,13H,11-12H2,1-5H3,(H,22,26). The van der Waals surface area contributed by atoms with Crippen LogP contribution in [-0.2, 0) is 17.9 Å². The molecule has 154 valence electrons. The summed E-state index contributed by atoms with van der Waals surface area (Å²) in [5, 5.41) is 3.55. The second-order valence-electron chi connectivity index (χ2n) is 7.26. The second-order valence-corrected chi connectivity index (χ2v) is 8.04. The molecule has 0 radical (unpaired) electrons. The summed E-state index contributed by atoms with van der Waals surface area (Å²) in [6, 6.07) is 9.08. The smallest absolute Gasteiger partial charge is 0.278 e. The molecule has 2 heterocycles. The number of amides is 1. The molecule has 1 N–H and O–H groups in total. The van der Waals surface area contributed by atoms with Gasteiger partial charge in [-0.25, -0.2) is 4.98 Å². The van der Waals surface area contributed by atoms with E-state index >= 15 is 0 Å². The fraction of sp³-hybridized carbons (Fsp3) is 0.381. The monoisotopic (exact) mass is 414 g/mol. The molecule has 3 rings (SSSR count). The molecular weight excluding hydrogens is 388 g/mol. The van der Waals surface area contributed by atoms with Gasteiger partial charge >= 0.3 is 0 Å². The molecule has 2 aromatic heterocycles. The van der Waals surface area contributed by atoms with Crippen LogP contribution < -0.4 is 15.6 Å². The zero-order valence-electron chi connectivity index (χ0n) is 17.4. The van der Waals surface area contributed by atoms with Crippen molar-refractivity contribution in [3.05, 3.63) is 46.4 Å². The maximum atomic E-state index is 13.3. The molecule has 0 bridgehead atoms. The fourth-order valence-electron chi connectivity index (χ4n) is 3.31. The van der Waals surface area contributed by atoms with Crippen LogP contribution in [0.25, 0.3) is 11.0 Å². The lowest BCUT2D eigenvalue weighted by atomic mass is 10.2. The van der Waals surface area contributed by atoms with Crippen molar-refractivity contribution in [1.82, 2.24) is 14.1 Å². The van der Waals surface area contributed by atoms with E-state index in [1.165, 1.54) is 11.8 Å². The third-order valence-corrected chi connectivity index (χ3v) is 5.27. The van der Waals surface area contributed by atoms with Gasteiger partial charge in [0, 0.05) is 12.2 Å². The first-order valence-corrected chi connectivity index (χ1v) is 10.7. The van der Waals surface area contributed by atoms with Crippen molar-refractivity contribution < 1.29 is 9.53 Å². The minimum absolute atomic E-state index is 0.0184. The number of hydrogen-bond acceptors (Lipinski definition) is 5. The van der Waals surface area contributed by atoms with Crippen molar-refractivity contribution in [3.8, 4) is 5.75 Å². The number of aryl methyl sites for hydroxylation is 1. The quantitative estimate of drug-likeness (QED) is 0.473. The van der Waals surface area contributed by atoms with Crippen LogP contribution in [-0.4, -0.2) is 33.4 Å². The number of thioether (sulfide) groups is 1. The lowest BCUT2D eigenvalue weighted by Crippen LogP contribution is -2.28. The Labute approximate surface area is 174 Å². The topological polar surface area (TPSA) is 78.2 Å². The lowest BCUT2D eigenvalue weighted by Gasteiger charge is -2.14. The molecule has 0 saturated heterocycles. The van der Waals surface area contributed by atoms with Gasteiger partial charge < -0.3 is 14.6 Å². The van der Waals surface area contributed by atoms with Crippen LogP contribution in [0, 0.1) is 12.8 Å². The van der Waals surface area contributed by atoms with Gasteiger partial charge in [0.2, 0.25) is 5.91 Å². The number of carbonyl (C=O) groups is 1. The summed E-state index contributed by atoms with van der Waals surface area (Å²) in [5.41, 5.74) is 2.35. The maximum absolute atomic E-state index is 13.3. The van der Waals surface area contributed by atoms with Crippen LogP contribution in [0.4, 0.5) is 5.69 Å². The number of rotatable bonds is 7. The molecule has 0 aliphatic heterocycles. The van der Waals surface area contributed by atoms with Gasteiger partial charge in [0.05, 0.1) is 18.3 Å². The van der Waals surface area contributed by atoms with Gasteiger partial charge in [-0.2, -0.15) is 0 Å². The first kappa shape index (κ1) is 21.0. The second kappa shape index (κ2) is 8.73. The molecule has 29 heavy (non-hydrogen) atoms. The van der Waals surface area contributed by atoms with Crippen molar-refractivity contribution in [2.75, 3.05) is 18.7 Å². The summed E-state index contributed by atoms with van der Waals surface area (Å²) in [7, 11) is 1.56. The number of nitrogens with zero attached hydrogens (tertiary/aromatic N) is 3. The molecule has 1 amide bonds. The van der Waals surface area contributed by atoms with Gasteiger partial charge in [-0.3, -0.25) is 14.2 Å². The van der Waals surface area contributed by atoms with Gasteiger partial charge in [-0.05, 0) is 37.3 Å². The summed E-state index contributed by atoms with van der Waals surface area (Å²) in [5.74, 6) is 0.649. The Bertz CT molecular complexity index is 1100. The van der Waals surface area contributed by atoms with Crippen molar-refractivity contribution in [2.45, 2.75) is 39.0 Å². The highest BCUT2D eigenvalue weighted by atomic mass is 32.2. The van der Waals surface area contributed by atoms with E-state index in [0.29, 0.717) is 40.1 Å². The molecular formula is C21H26N4O3S. The minimum Gasteiger partial charge on any atom is -0.495 e. The number of nitrogens with one attached hydrogen (secondary N) is 1. The Morgan fingerprint density at radius 3 is 2.66 bits per heavy atom.